The molecular formula is C21H15F4NO4. The topological polar surface area (TPSA) is 70.0 Å². The van der Waals surface area contributed by atoms with Gasteiger partial charge in [0, 0.05) is 18.7 Å². The zero-order valence-corrected chi connectivity index (χ0v) is 15.5. The number of halogens is 4. The van der Waals surface area contributed by atoms with Gasteiger partial charge in [-0.25, -0.2) is 22.4 Å². The van der Waals surface area contributed by atoms with Crippen LogP contribution in [-0.2, 0) is 4.79 Å². The fourth-order valence-corrected chi connectivity index (χ4v) is 2.91. The Morgan fingerprint density at radius 2 is 1.77 bits per heavy atom. The van der Waals surface area contributed by atoms with Crippen LogP contribution < -0.4 is 9.64 Å². The lowest BCUT2D eigenvalue weighted by atomic mass is 10.0. The van der Waals surface area contributed by atoms with Gasteiger partial charge < -0.3 is 19.8 Å². The highest BCUT2D eigenvalue weighted by Gasteiger charge is 2.24. The average Bonchev–Trinajstić information content (AvgIpc) is 2.68. The van der Waals surface area contributed by atoms with E-state index in [1.807, 2.05) is 0 Å². The van der Waals surface area contributed by atoms with Gasteiger partial charge in [-0.2, -0.15) is 0 Å². The van der Waals surface area contributed by atoms with Gasteiger partial charge in [-0.15, -0.1) is 0 Å². The summed E-state index contributed by atoms with van der Waals surface area (Å²) >= 11 is 0. The maximum Gasteiger partial charge on any atom is 0.341 e. The molecule has 3 aromatic rings. The molecule has 0 aliphatic carbocycles. The molecule has 3 aromatic carbocycles. The number of carbonyl (C=O) groups is 1. The van der Waals surface area contributed by atoms with Crippen molar-refractivity contribution in [3.05, 3.63) is 71.8 Å². The highest BCUT2D eigenvalue weighted by Crippen LogP contribution is 2.39. The smallest absolute Gasteiger partial charge is 0.341 e. The molecule has 2 N–H and O–H groups in total. The van der Waals surface area contributed by atoms with Crippen molar-refractivity contribution in [3.63, 3.8) is 0 Å². The summed E-state index contributed by atoms with van der Waals surface area (Å²) in [6.07, 6.45) is 0. The third kappa shape index (κ3) is 4.14. The Balaban J connectivity index is 2.11. The van der Waals surface area contributed by atoms with E-state index < -0.39 is 58.7 Å². The van der Waals surface area contributed by atoms with Gasteiger partial charge in [0.05, 0.1) is 5.69 Å². The van der Waals surface area contributed by atoms with Crippen LogP contribution in [0.15, 0.2) is 48.5 Å². The molecule has 0 fully saturated rings. The lowest BCUT2D eigenvalue weighted by Crippen LogP contribution is -2.17. The molecule has 0 atom stereocenters. The van der Waals surface area contributed by atoms with Crippen molar-refractivity contribution in [2.75, 3.05) is 18.6 Å². The number of anilines is 2. The molecule has 0 bridgehead atoms. The highest BCUT2D eigenvalue weighted by molar-refractivity contribution is 5.76. The summed E-state index contributed by atoms with van der Waals surface area (Å²) in [7, 11) is 1.15. The summed E-state index contributed by atoms with van der Waals surface area (Å²) < 4.78 is 62.7. The number of hydrogen-bond donors (Lipinski definition) is 2. The molecule has 0 aliphatic rings. The minimum absolute atomic E-state index is 0.109. The first-order valence-corrected chi connectivity index (χ1v) is 8.53. The van der Waals surface area contributed by atoms with E-state index in [4.69, 9.17) is 9.84 Å². The number of rotatable bonds is 6. The summed E-state index contributed by atoms with van der Waals surface area (Å²) in [5.41, 5.74) is -1.21. The molecule has 9 heteroatoms. The molecule has 0 aliphatic heterocycles. The quantitative estimate of drug-likeness (QED) is 0.557. The van der Waals surface area contributed by atoms with E-state index in [0.717, 1.165) is 48.3 Å². The van der Waals surface area contributed by atoms with E-state index in [1.165, 1.54) is 12.1 Å². The third-order valence-corrected chi connectivity index (χ3v) is 4.25. The molecule has 0 amide bonds. The summed E-state index contributed by atoms with van der Waals surface area (Å²) in [5, 5.41) is 18.7. The molecule has 30 heavy (non-hydrogen) atoms. The minimum Gasteiger partial charge on any atom is -0.508 e. The second kappa shape index (κ2) is 8.32. The van der Waals surface area contributed by atoms with Gasteiger partial charge in [-0.3, -0.25) is 0 Å². The van der Waals surface area contributed by atoms with Crippen LogP contribution in [0.1, 0.15) is 0 Å². The van der Waals surface area contributed by atoms with Crippen LogP contribution >= 0.6 is 0 Å². The van der Waals surface area contributed by atoms with Crippen molar-refractivity contribution in [2.24, 2.45) is 0 Å². The Hall–Kier alpha value is -3.75. The normalized spacial score (nSPS) is 10.7. The number of aliphatic carboxylic acids is 1. The Labute approximate surface area is 168 Å². The van der Waals surface area contributed by atoms with Crippen molar-refractivity contribution in [1.82, 2.24) is 0 Å². The Kier molecular flexibility index (Phi) is 5.81. The Morgan fingerprint density at radius 3 is 2.43 bits per heavy atom. The summed E-state index contributed by atoms with van der Waals surface area (Å²) in [5.74, 6) is -6.26. The van der Waals surface area contributed by atoms with E-state index in [2.05, 4.69) is 0 Å². The van der Waals surface area contributed by atoms with Gasteiger partial charge >= 0.3 is 5.97 Å². The minimum atomic E-state index is -1.37. The number of benzene rings is 3. The number of carboxylic acids is 1. The first kappa shape index (κ1) is 21.0. The summed E-state index contributed by atoms with van der Waals surface area (Å²) in [6.45, 7) is -0.865. The van der Waals surface area contributed by atoms with Crippen LogP contribution in [0.4, 0.5) is 28.9 Å². The van der Waals surface area contributed by atoms with Gasteiger partial charge in [0.15, 0.2) is 24.0 Å². The van der Waals surface area contributed by atoms with Crippen molar-refractivity contribution >= 4 is 17.3 Å². The monoisotopic (exact) mass is 421 g/mol. The molecule has 0 aromatic heterocycles. The fourth-order valence-electron chi connectivity index (χ4n) is 2.91. The van der Waals surface area contributed by atoms with Crippen molar-refractivity contribution in [2.45, 2.75) is 0 Å². The fraction of sp³-hybridized carbons (Fsp3) is 0.0952. The molecule has 156 valence electrons. The summed E-state index contributed by atoms with van der Waals surface area (Å²) in [6, 6.07) is 8.70. The van der Waals surface area contributed by atoms with E-state index >= 15 is 4.39 Å². The SMILES string of the molecule is CN(c1cc(O)cc(-c2cccc(F)c2)c1F)c1c(F)ccc(OCC(=O)O)c1F. The van der Waals surface area contributed by atoms with Crippen LogP contribution in [-0.4, -0.2) is 29.8 Å². The van der Waals surface area contributed by atoms with E-state index in [-0.39, 0.29) is 11.1 Å². The zero-order chi connectivity index (χ0) is 22.0. The van der Waals surface area contributed by atoms with Crippen LogP contribution in [0.2, 0.25) is 0 Å². The van der Waals surface area contributed by atoms with Gasteiger partial charge in [0.1, 0.15) is 23.1 Å². The molecule has 0 heterocycles. The number of ether oxygens (including phenoxy) is 1. The van der Waals surface area contributed by atoms with Crippen molar-refractivity contribution < 1.29 is 37.3 Å². The highest BCUT2D eigenvalue weighted by atomic mass is 19.1. The van der Waals surface area contributed by atoms with E-state index in [9.17, 15) is 23.1 Å². The predicted molar refractivity (Wildman–Crippen MR) is 101 cm³/mol. The third-order valence-electron chi connectivity index (χ3n) is 4.25. The van der Waals surface area contributed by atoms with Gasteiger partial charge in [-0.1, -0.05) is 12.1 Å². The van der Waals surface area contributed by atoms with Gasteiger partial charge in [0.25, 0.3) is 0 Å². The Morgan fingerprint density at radius 1 is 1.03 bits per heavy atom. The number of carboxylic acid groups (broad SMARTS) is 1. The molecular weight excluding hydrogens is 406 g/mol. The first-order chi connectivity index (χ1) is 14.2. The number of phenolic OH excluding ortho intramolecular Hbond substituents is 1. The largest absolute Gasteiger partial charge is 0.508 e. The molecule has 0 saturated heterocycles. The number of nitrogens with zero attached hydrogens (tertiary/aromatic N) is 1. The summed E-state index contributed by atoms with van der Waals surface area (Å²) in [4.78, 5) is 11.4. The van der Waals surface area contributed by atoms with Gasteiger partial charge in [0.2, 0.25) is 0 Å². The van der Waals surface area contributed by atoms with Crippen LogP contribution in [0.5, 0.6) is 11.5 Å². The molecule has 3 rings (SSSR count). The molecule has 0 saturated carbocycles. The molecule has 0 spiro atoms. The van der Waals surface area contributed by atoms with Gasteiger partial charge in [-0.05, 0) is 35.9 Å². The predicted octanol–water partition coefficient (Wildman–Crippen LogP) is 4.85. The molecule has 0 radical (unpaired) electrons. The first-order valence-electron chi connectivity index (χ1n) is 8.53. The lowest BCUT2D eigenvalue weighted by molar-refractivity contribution is -0.139. The second-order valence-electron chi connectivity index (χ2n) is 6.29. The van der Waals surface area contributed by atoms with E-state index in [0.29, 0.717) is 0 Å². The molecule has 5 nitrogen and oxygen atoms in total. The zero-order valence-electron chi connectivity index (χ0n) is 15.5. The van der Waals surface area contributed by atoms with Crippen LogP contribution in [0.3, 0.4) is 0 Å². The lowest BCUT2D eigenvalue weighted by Gasteiger charge is -2.23. The van der Waals surface area contributed by atoms with Crippen molar-refractivity contribution in [1.29, 1.82) is 0 Å². The molecule has 0 unspecified atom stereocenters. The average molecular weight is 421 g/mol. The number of phenols is 1. The van der Waals surface area contributed by atoms with Crippen molar-refractivity contribution in [3.8, 4) is 22.6 Å². The Bertz CT molecular complexity index is 1120. The number of aromatic hydroxyl groups is 1. The standard InChI is InChI=1S/C21H15F4NO4/c1-26(21-15(23)5-6-17(20(21)25)30-10-18(28)29)16-9-13(27)8-14(19(16)24)11-3-2-4-12(22)7-11/h2-9,27H,10H2,1H3,(H,28,29). The maximum absolute atomic E-state index is 15.2. The number of hydrogen-bond acceptors (Lipinski definition) is 4. The van der Waals surface area contributed by atoms with E-state index in [1.54, 1.807) is 0 Å². The van der Waals surface area contributed by atoms with Crippen LogP contribution in [0.25, 0.3) is 11.1 Å². The second-order valence-corrected chi connectivity index (χ2v) is 6.29. The maximum atomic E-state index is 15.2. The van der Waals surface area contributed by atoms with Crippen LogP contribution in [0, 0.1) is 23.3 Å².